The van der Waals surface area contributed by atoms with Crippen LogP contribution in [0.3, 0.4) is 0 Å². The van der Waals surface area contributed by atoms with Crippen LogP contribution in [0.5, 0.6) is 5.75 Å². The summed E-state index contributed by atoms with van der Waals surface area (Å²) in [5.41, 5.74) is 4.63. The van der Waals surface area contributed by atoms with Crippen LogP contribution < -0.4 is 10.1 Å². The number of amides is 1. The second-order valence-corrected chi connectivity index (χ2v) is 5.47. The molecule has 0 bridgehead atoms. The van der Waals surface area contributed by atoms with Crippen molar-refractivity contribution in [2.75, 3.05) is 12.4 Å². The summed E-state index contributed by atoms with van der Waals surface area (Å²) in [7, 11) is 1.41. The molecule has 0 heterocycles. The number of benzene rings is 2. The van der Waals surface area contributed by atoms with Gasteiger partial charge < -0.3 is 10.1 Å². The molecule has 0 aliphatic carbocycles. The second-order valence-electron chi connectivity index (χ2n) is 5.47. The van der Waals surface area contributed by atoms with Crippen molar-refractivity contribution in [2.45, 2.75) is 27.2 Å². The number of hydrogen-bond acceptors (Lipinski definition) is 2. The second kappa shape index (κ2) is 6.60. The first-order chi connectivity index (χ1) is 10.4. The van der Waals surface area contributed by atoms with Crippen LogP contribution in [0.1, 0.15) is 22.3 Å². The predicted molar refractivity (Wildman–Crippen MR) is 85.9 cm³/mol. The van der Waals surface area contributed by atoms with Gasteiger partial charge in [-0.3, -0.25) is 4.79 Å². The highest BCUT2D eigenvalue weighted by molar-refractivity contribution is 5.93. The summed E-state index contributed by atoms with van der Waals surface area (Å²) in [6.07, 6.45) is 0.119. The van der Waals surface area contributed by atoms with E-state index in [0.29, 0.717) is 5.56 Å². The van der Waals surface area contributed by atoms with Gasteiger partial charge in [-0.15, -0.1) is 0 Å². The van der Waals surface area contributed by atoms with Crippen molar-refractivity contribution >= 4 is 11.6 Å². The molecule has 2 aromatic carbocycles. The smallest absolute Gasteiger partial charge is 0.228 e. The highest BCUT2D eigenvalue weighted by Crippen LogP contribution is 2.23. The molecule has 0 aliphatic rings. The maximum absolute atomic E-state index is 13.6. The SMILES string of the molecule is COc1ccc(CC(=O)Nc2c(C)cc(C)cc2C)cc1F. The predicted octanol–water partition coefficient (Wildman–Crippen LogP) is 3.94. The summed E-state index contributed by atoms with van der Waals surface area (Å²) in [5.74, 6) is -0.454. The van der Waals surface area contributed by atoms with Gasteiger partial charge in [-0.05, 0) is 49.6 Å². The maximum atomic E-state index is 13.6. The molecule has 0 aliphatic heterocycles. The van der Waals surface area contributed by atoms with E-state index in [1.807, 2.05) is 32.9 Å². The monoisotopic (exact) mass is 301 g/mol. The zero-order chi connectivity index (χ0) is 16.3. The number of carbonyl (C=O) groups excluding carboxylic acids is 1. The van der Waals surface area contributed by atoms with Gasteiger partial charge in [-0.25, -0.2) is 4.39 Å². The lowest BCUT2D eigenvalue weighted by Crippen LogP contribution is -2.16. The fraction of sp³-hybridized carbons (Fsp3) is 0.278. The average molecular weight is 301 g/mol. The summed E-state index contributed by atoms with van der Waals surface area (Å²) in [6.45, 7) is 5.94. The molecule has 2 aromatic rings. The Morgan fingerprint density at radius 1 is 1.14 bits per heavy atom. The number of aryl methyl sites for hydroxylation is 3. The number of anilines is 1. The van der Waals surface area contributed by atoms with Crippen molar-refractivity contribution in [2.24, 2.45) is 0 Å². The van der Waals surface area contributed by atoms with Gasteiger partial charge in [0.1, 0.15) is 0 Å². The lowest BCUT2D eigenvalue weighted by molar-refractivity contribution is -0.115. The topological polar surface area (TPSA) is 38.3 Å². The number of ether oxygens (including phenoxy) is 1. The molecule has 0 fully saturated rings. The quantitative estimate of drug-likeness (QED) is 0.929. The Bertz CT molecular complexity index is 687. The molecule has 0 radical (unpaired) electrons. The van der Waals surface area contributed by atoms with Gasteiger partial charge in [-0.2, -0.15) is 0 Å². The summed E-state index contributed by atoms with van der Waals surface area (Å²) < 4.78 is 18.5. The number of halogens is 1. The molecular weight excluding hydrogens is 281 g/mol. The van der Waals surface area contributed by atoms with Gasteiger partial charge in [0.05, 0.1) is 13.5 Å². The molecule has 1 N–H and O–H groups in total. The van der Waals surface area contributed by atoms with Crippen molar-refractivity contribution < 1.29 is 13.9 Å². The number of carbonyl (C=O) groups is 1. The van der Waals surface area contributed by atoms with Crippen LogP contribution in [0.2, 0.25) is 0 Å². The van der Waals surface area contributed by atoms with Crippen molar-refractivity contribution in [3.63, 3.8) is 0 Å². The van der Waals surface area contributed by atoms with Crippen LogP contribution in [0.25, 0.3) is 0 Å². The van der Waals surface area contributed by atoms with Gasteiger partial charge in [0.2, 0.25) is 5.91 Å². The average Bonchev–Trinajstić information content (AvgIpc) is 2.43. The molecule has 0 unspecified atom stereocenters. The first-order valence-electron chi connectivity index (χ1n) is 7.11. The van der Waals surface area contributed by atoms with Crippen LogP contribution in [-0.2, 0) is 11.2 Å². The van der Waals surface area contributed by atoms with Crippen LogP contribution in [-0.4, -0.2) is 13.0 Å². The third kappa shape index (κ3) is 3.64. The molecule has 4 heteroatoms. The molecule has 116 valence electrons. The van der Waals surface area contributed by atoms with Crippen molar-refractivity contribution in [1.82, 2.24) is 0 Å². The fourth-order valence-corrected chi connectivity index (χ4v) is 2.57. The maximum Gasteiger partial charge on any atom is 0.228 e. The highest BCUT2D eigenvalue weighted by atomic mass is 19.1. The van der Waals surface area contributed by atoms with E-state index in [-0.39, 0.29) is 18.1 Å². The molecule has 0 saturated carbocycles. The first kappa shape index (κ1) is 16.0. The third-order valence-corrected chi connectivity index (χ3v) is 3.52. The standard InChI is InChI=1S/C18H20FNO2/c1-11-7-12(2)18(13(3)8-11)20-17(21)10-14-5-6-16(22-4)15(19)9-14/h5-9H,10H2,1-4H3,(H,20,21). The lowest BCUT2D eigenvalue weighted by atomic mass is 10.0. The zero-order valence-corrected chi connectivity index (χ0v) is 13.3. The van der Waals surface area contributed by atoms with E-state index in [1.165, 1.54) is 19.2 Å². The summed E-state index contributed by atoms with van der Waals surface area (Å²) in [6, 6.07) is 8.59. The fourth-order valence-electron chi connectivity index (χ4n) is 2.57. The number of rotatable bonds is 4. The summed E-state index contributed by atoms with van der Waals surface area (Å²) >= 11 is 0. The third-order valence-electron chi connectivity index (χ3n) is 3.52. The summed E-state index contributed by atoms with van der Waals surface area (Å²) in [4.78, 5) is 12.2. The first-order valence-corrected chi connectivity index (χ1v) is 7.11. The molecule has 0 aromatic heterocycles. The van der Waals surface area contributed by atoms with E-state index >= 15 is 0 Å². The Kier molecular flexibility index (Phi) is 4.81. The minimum Gasteiger partial charge on any atom is -0.494 e. The molecule has 0 spiro atoms. The molecule has 3 nitrogen and oxygen atoms in total. The Balaban J connectivity index is 2.12. The van der Waals surface area contributed by atoms with Gasteiger partial charge >= 0.3 is 0 Å². The van der Waals surface area contributed by atoms with Crippen molar-refractivity contribution in [1.29, 1.82) is 0 Å². The van der Waals surface area contributed by atoms with Gasteiger partial charge in [0.15, 0.2) is 11.6 Å². The van der Waals surface area contributed by atoms with Crippen LogP contribution in [0.4, 0.5) is 10.1 Å². The number of hydrogen-bond donors (Lipinski definition) is 1. The van der Waals surface area contributed by atoms with Crippen LogP contribution in [0, 0.1) is 26.6 Å². The van der Waals surface area contributed by atoms with Gasteiger partial charge in [-0.1, -0.05) is 23.8 Å². The van der Waals surface area contributed by atoms with E-state index in [1.54, 1.807) is 6.07 Å². The normalized spacial score (nSPS) is 10.4. The van der Waals surface area contributed by atoms with Gasteiger partial charge in [0.25, 0.3) is 0 Å². The minimum atomic E-state index is -0.463. The van der Waals surface area contributed by atoms with Gasteiger partial charge in [0, 0.05) is 5.69 Å². The van der Waals surface area contributed by atoms with E-state index in [9.17, 15) is 9.18 Å². The Labute approximate surface area is 130 Å². The largest absolute Gasteiger partial charge is 0.494 e. The molecule has 2 rings (SSSR count). The Morgan fingerprint density at radius 2 is 1.77 bits per heavy atom. The van der Waals surface area contributed by atoms with E-state index < -0.39 is 5.82 Å². The lowest BCUT2D eigenvalue weighted by Gasteiger charge is -2.13. The Morgan fingerprint density at radius 3 is 2.32 bits per heavy atom. The van der Waals surface area contributed by atoms with E-state index in [4.69, 9.17) is 4.74 Å². The van der Waals surface area contributed by atoms with Crippen molar-refractivity contribution in [3.05, 3.63) is 58.4 Å². The minimum absolute atomic E-state index is 0.119. The molecule has 0 saturated heterocycles. The number of nitrogens with one attached hydrogen (secondary N) is 1. The van der Waals surface area contributed by atoms with Crippen LogP contribution in [0.15, 0.2) is 30.3 Å². The zero-order valence-electron chi connectivity index (χ0n) is 13.3. The number of methoxy groups -OCH3 is 1. The van der Waals surface area contributed by atoms with E-state index in [0.717, 1.165) is 22.4 Å². The molecule has 22 heavy (non-hydrogen) atoms. The Hall–Kier alpha value is -2.36. The molecule has 0 atom stereocenters. The van der Waals surface area contributed by atoms with Crippen LogP contribution >= 0.6 is 0 Å². The molecule has 1 amide bonds. The van der Waals surface area contributed by atoms with Crippen molar-refractivity contribution in [3.8, 4) is 5.75 Å². The summed E-state index contributed by atoms with van der Waals surface area (Å²) in [5, 5.41) is 2.91. The van der Waals surface area contributed by atoms with E-state index in [2.05, 4.69) is 5.32 Å². The highest BCUT2D eigenvalue weighted by Gasteiger charge is 2.11. The molecular formula is C18H20FNO2.